The van der Waals surface area contributed by atoms with E-state index < -0.39 is 0 Å². The van der Waals surface area contributed by atoms with Crippen molar-refractivity contribution >= 4 is 11.8 Å². The molecular formula is C16H21NO2S. The van der Waals surface area contributed by atoms with Gasteiger partial charge in [0.25, 0.3) is 0 Å². The molecule has 3 nitrogen and oxygen atoms in total. The number of rotatable bonds is 7. The SMILES string of the molecule is CCC(N)C(SCc1ccco1)c1ccc(OC)cc1. The van der Waals surface area contributed by atoms with Gasteiger partial charge >= 0.3 is 0 Å². The second-order valence-corrected chi connectivity index (χ2v) is 5.79. The van der Waals surface area contributed by atoms with E-state index in [4.69, 9.17) is 14.9 Å². The van der Waals surface area contributed by atoms with E-state index in [0.717, 1.165) is 23.7 Å². The molecule has 0 saturated heterocycles. The van der Waals surface area contributed by atoms with Gasteiger partial charge in [0, 0.05) is 11.3 Å². The summed E-state index contributed by atoms with van der Waals surface area (Å²) in [6.45, 7) is 2.12. The van der Waals surface area contributed by atoms with Crippen LogP contribution in [-0.4, -0.2) is 13.2 Å². The Bertz CT molecular complexity index is 496. The molecule has 0 saturated carbocycles. The minimum atomic E-state index is 0.128. The fraction of sp³-hybridized carbons (Fsp3) is 0.375. The smallest absolute Gasteiger partial charge is 0.118 e. The average molecular weight is 291 g/mol. The standard InChI is InChI=1S/C16H21NO2S/c1-3-15(17)16(20-11-14-5-4-10-19-14)12-6-8-13(18-2)9-7-12/h4-10,15-16H,3,11,17H2,1-2H3. The molecule has 2 atom stereocenters. The van der Waals surface area contributed by atoms with E-state index in [9.17, 15) is 0 Å². The third-order valence-electron chi connectivity index (χ3n) is 3.29. The summed E-state index contributed by atoms with van der Waals surface area (Å²) >= 11 is 1.82. The Morgan fingerprint density at radius 2 is 2.00 bits per heavy atom. The average Bonchev–Trinajstić information content (AvgIpc) is 3.01. The van der Waals surface area contributed by atoms with E-state index in [1.54, 1.807) is 13.4 Å². The molecule has 2 aromatic rings. The molecule has 0 fully saturated rings. The molecule has 20 heavy (non-hydrogen) atoms. The van der Waals surface area contributed by atoms with E-state index in [0.29, 0.717) is 0 Å². The van der Waals surface area contributed by atoms with Crippen LogP contribution in [0.4, 0.5) is 0 Å². The van der Waals surface area contributed by atoms with Gasteiger partial charge in [-0.2, -0.15) is 0 Å². The van der Waals surface area contributed by atoms with Crippen LogP contribution in [0.3, 0.4) is 0 Å². The molecule has 0 spiro atoms. The van der Waals surface area contributed by atoms with Gasteiger partial charge < -0.3 is 14.9 Å². The maximum absolute atomic E-state index is 6.28. The Labute approximate surface area is 124 Å². The quantitative estimate of drug-likeness (QED) is 0.837. The zero-order chi connectivity index (χ0) is 14.4. The zero-order valence-corrected chi connectivity index (χ0v) is 12.7. The van der Waals surface area contributed by atoms with Crippen molar-refractivity contribution in [3.63, 3.8) is 0 Å². The fourth-order valence-electron chi connectivity index (χ4n) is 2.04. The van der Waals surface area contributed by atoms with Crippen molar-refractivity contribution in [3.8, 4) is 5.75 Å². The Morgan fingerprint density at radius 1 is 1.25 bits per heavy atom. The van der Waals surface area contributed by atoms with Gasteiger partial charge in [-0.1, -0.05) is 19.1 Å². The summed E-state index contributed by atoms with van der Waals surface area (Å²) in [5, 5.41) is 0.260. The third-order valence-corrected chi connectivity index (χ3v) is 4.72. The van der Waals surface area contributed by atoms with Crippen LogP contribution >= 0.6 is 11.8 Å². The van der Waals surface area contributed by atoms with Gasteiger partial charge in [-0.15, -0.1) is 11.8 Å². The molecule has 2 rings (SSSR count). The van der Waals surface area contributed by atoms with Crippen molar-refractivity contribution in [1.29, 1.82) is 0 Å². The molecule has 0 bridgehead atoms. The summed E-state index contributed by atoms with van der Waals surface area (Å²) in [5.74, 6) is 2.68. The van der Waals surface area contributed by atoms with Crippen LogP contribution in [0.5, 0.6) is 5.75 Å². The Balaban J connectivity index is 2.09. The summed E-state index contributed by atoms with van der Waals surface area (Å²) in [7, 11) is 1.68. The Kier molecular flexibility index (Phi) is 5.56. The number of furan rings is 1. The van der Waals surface area contributed by atoms with Crippen LogP contribution in [0.2, 0.25) is 0 Å². The van der Waals surface area contributed by atoms with Crippen LogP contribution in [-0.2, 0) is 5.75 Å². The molecule has 2 N–H and O–H groups in total. The molecule has 0 aliphatic carbocycles. The summed E-state index contributed by atoms with van der Waals surface area (Å²) in [6, 6.07) is 12.2. The second-order valence-electron chi connectivity index (χ2n) is 4.66. The highest BCUT2D eigenvalue weighted by Crippen LogP contribution is 2.35. The Hall–Kier alpha value is -1.39. The van der Waals surface area contributed by atoms with Crippen molar-refractivity contribution in [2.24, 2.45) is 5.73 Å². The molecule has 1 aromatic heterocycles. The maximum atomic E-state index is 6.28. The van der Waals surface area contributed by atoms with E-state index in [2.05, 4.69) is 19.1 Å². The molecule has 2 unspecified atom stereocenters. The first-order chi connectivity index (χ1) is 9.74. The first kappa shape index (κ1) is 15.0. The van der Waals surface area contributed by atoms with E-state index in [-0.39, 0.29) is 11.3 Å². The second kappa shape index (κ2) is 7.41. The van der Waals surface area contributed by atoms with E-state index in [1.165, 1.54) is 5.56 Å². The van der Waals surface area contributed by atoms with Gasteiger partial charge in [-0.05, 0) is 36.2 Å². The Morgan fingerprint density at radius 3 is 2.55 bits per heavy atom. The van der Waals surface area contributed by atoms with Crippen molar-refractivity contribution in [1.82, 2.24) is 0 Å². The fourth-order valence-corrected chi connectivity index (χ4v) is 3.34. The number of methoxy groups -OCH3 is 1. The van der Waals surface area contributed by atoms with Crippen molar-refractivity contribution < 1.29 is 9.15 Å². The number of nitrogens with two attached hydrogens (primary N) is 1. The summed E-state index contributed by atoms with van der Waals surface area (Å²) in [6.07, 6.45) is 2.65. The van der Waals surface area contributed by atoms with Gasteiger partial charge in [0.2, 0.25) is 0 Å². The molecule has 108 valence electrons. The van der Waals surface area contributed by atoms with Gasteiger partial charge in [0.1, 0.15) is 11.5 Å². The molecule has 4 heteroatoms. The van der Waals surface area contributed by atoms with E-state index in [1.807, 2.05) is 36.0 Å². The normalized spacial score (nSPS) is 13.9. The lowest BCUT2D eigenvalue weighted by molar-refractivity contribution is 0.414. The molecular weight excluding hydrogens is 270 g/mol. The lowest BCUT2D eigenvalue weighted by Crippen LogP contribution is -2.25. The summed E-state index contributed by atoms with van der Waals surface area (Å²) in [4.78, 5) is 0. The first-order valence-electron chi connectivity index (χ1n) is 6.78. The highest BCUT2D eigenvalue weighted by molar-refractivity contribution is 7.98. The monoisotopic (exact) mass is 291 g/mol. The minimum absolute atomic E-state index is 0.128. The summed E-state index contributed by atoms with van der Waals surface area (Å²) in [5.41, 5.74) is 7.51. The molecule has 0 amide bonds. The topological polar surface area (TPSA) is 48.4 Å². The third kappa shape index (κ3) is 3.81. The zero-order valence-electron chi connectivity index (χ0n) is 11.9. The van der Waals surface area contributed by atoms with Crippen LogP contribution in [0, 0.1) is 0 Å². The van der Waals surface area contributed by atoms with Crippen molar-refractivity contribution in [3.05, 3.63) is 54.0 Å². The highest BCUT2D eigenvalue weighted by Gasteiger charge is 2.19. The van der Waals surface area contributed by atoms with Gasteiger partial charge in [0.15, 0.2) is 0 Å². The largest absolute Gasteiger partial charge is 0.497 e. The van der Waals surface area contributed by atoms with E-state index >= 15 is 0 Å². The predicted octanol–water partition coefficient (Wildman–Crippen LogP) is 4.00. The van der Waals surface area contributed by atoms with Crippen LogP contribution in [0.15, 0.2) is 47.1 Å². The highest BCUT2D eigenvalue weighted by atomic mass is 32.2. The van der Waals surface area contributed by atoms with Crippen LogP contribution < -0.4 is 10.5 Å². The molecule has 0 aliphatic rings. The first-order valence-corrected chi connectivity index (χ1v) is 7.83. The van der Waals surface area contributed by atoms with Crippen molar-refractivity contribution in [2.45, 2.75) is 30.4 Å². The molecule has 0 radical (unpaired) electrons. The lowest BCUT2D eigenvalue weighted by atomic mass is 10.0. The van der Waals surface area contributed by atoms with Gasteiger partial charge in [0.05, 0.1) is 19.1 Å². The molecule has 0 aliphatic heterocycles. The van der Waals surface area contributed by atoms with Crippen molar-refractivity contribution in [2.75, 3.05) is 7.11 Å². The van der Waals surface area contributed by atoms with Crippen LogP contribution in [0.1, 0.15) is 29.9 Å². The number of ether oxygens (including phenoxy) is 1. The number of benzene rings is 1. The minimum Gasteiger partial charge on any atom is -0.497 e. The van der Waals surface area contributed by atoms with Crippen LogP contribution in [0.25, 0.3) is 0 Å². The number of thioether (sulfide) groups is 1. The lowest BCUT2D eigenvalue weighted by Gasteiger charge is -2.22. The van der Waals surface area contributed by atoms with Gasteiger partial charge in [-0.3, -0.25) is 0 Å². The number of hydrogen-bond donors (Lipinski definition) is 1. The van der Waals surface area contributed by atoms with Gasteiger partial charge in [-0.25, -0.2) is 0 Å². The number of hydrogen-bond acceptors (Lipinski definition) is 4. The predicted molar refractivity (Wildman–Crippen MR) is 84.0 cm³/mol. The maximum Gasteiger partial charge on any atom is 0.118 e. The molecule has 1 aromatic carbocycles. The summed E-state index contributed by atoms with van der Waals surface area (Å²) < 4.78 is 10.6. The molecule has 1 heterocycles.